The van der Waals surface area contributed by atoms with Crippen LogP contribution in [0.4, 0.5) is 30.4 Å². The van der Waals surface area contributed by atoms with Gasteiger partial charge >= 0.3 is 12.1 Å². The van der Waals surface area contributed by atoms with Crippen molar-refractivity contribution in [1.29, 1.82) is 0 Å². The summed E-state index contributed by atoms with van der Waals surface area (Å²) >= 11 is 5.91. The number of nitro benzene ring substituents is 1. The van der Waals surface area contributed by atoms with Gasteiger partial charge in [0, 0.05) is 31.4 Å². The molecule has 1 aromatic heterocycles. The lowest BCUT2D eigenvalue weighted by molar-refractivity contribution is -0.384. The molecule has 1 aliphatic heterocycles. The molecular weight excluding hydrogens is 469 g/mol. The molecule has 2 heterocycles. The van der Waals surface area contributed by atoms with Crippen LogP contribution in [-0.4, -0.2) is 41.5 Å². The van der Waals surface area contributed by atoms with Gasteiger partial charge < -0.3 is 15.0 Å². The summed E-state index contributed by atoms with van der Waals surface area (Å²) in [6.45, 7) is 0.166. The van der Waals surface area contributed by atoms with E-state index in [2.05, 4.69) is 10.3 Å². The maximum atomic E-state index is 12.7. The number of carbonyl (C=O) groups is 2. The largest absolute Gasteiger partial charge is 0.455 e. The number of amides is 1. The van der Waals surface area contributed by atoms with Crippen LogP contribution in [-0.2, 0) is 20.5 Å². The van der Waals surface area contributed by atoms with Gasteiger partial charge in [0.15, 0.2) is 6.61 Å². The number of rotatable bonds is 6. The van der Waals surface area contributed by atoms with Crippen LogP contribution in [0.1, 0.15) is 18.4 Å². The van der Waals surface area contributed by atoms with E-state index in [0.29, 0.717) is 31.7 Å². The quantitative estimate of drug-likeness (QED) is 0.372. The van der Waals surface area contributed by atoms with Crippen LogP contribution >= 0.6 is 11.6 Å². The fourth-order valence-electron chi connectivity index (χ4n) is 3.25. The van der Waals surface area contributed by atoms with Crippen LogP contribution in [0, 0.1) is 16.0 Å². The number of esters is 1. The minimum atomic E-state index is -4.46. The third-order valence-corrected chi connectivity index (χ3v) is 5.34. The number of aromatic nitrogens is 1. The molecule has 1 aliphatic rings. The van der Waals surface area contributed by atoms with Crippen molar-refractivity contribution in [3.8, 4) is 0 Å². The third kappa shape index (κ3) is 6.31. The first-order valence-corrected chi connectivity index (χ1v) is 10.1. The molecule has 1 amide bonds. The lowest BCUT2D eigenvalue weighted by atomic mass is 9.97. The lowest BCUT2D eigenvalue weighted by Crippen LogP contribution is -2.38. The van der Waals surface area contributed by atoms with Gasteiger partial charge in [-0.3, -0.25) is 19.7 Å². The van der Waals surface area contributed by atoms with Crippen LogP contribution in [0.2, 0.25) is 5.02 Å². The average molecular weight is 487 g/mol. The molecule has 33 heavy (non-hydrogen) atoms. The van der Waals surface area contributed by atoms with E-state index in [9.17, 15) is 32.9 Å². The molecule has 3 rings (SSSR count). The highest BCUT2D eigenvalue weighted by atomic mass is 35.5. The molecule has 0 saturated carbocycles. The predicted octanol–water partition coefficient (Wildman–Crippen LogP) is 4.06. The molecule has 0 bridgehead atoms. The number of piperidine rings is 1. The molecule has 2 aromatic rings. The predicted molar refractivity (Wildman–Crippen MR) is 112 cm³/mol. The standard InChI is InChI=1S/C20H18ClF3N4O5/c21-15-3-2-14(28(31)32)9-16(15)26-18(29)11-33-19(30)12-5-7-27(8-6-12)17-4-1-13(10-25-17)20(22,23)24/h1-4,9-10,12H,5-8,11H2,(H,26,29). The number of anilines is 2. The third-order valence-electron chi connectivity index (χ3n) is 5.01. The minimum Gasteiger partial charge on any atom is -0.455 e. The van der Waals surface area contributed by atoms with Crippen LogP contribution in [0.25, 0.3) is 0 Å². The maximum absolute atomic E-state index is 12.7. The summed E-state index contributed by atoms with van der Waals surface area (Å²) in [5, 5.41) is 13.3. The monoisotopic (exact) mass is 486 g/mol. The number of nitro groups is 1. The molecule has 0 radical (unpaired) electrons. The van der Waals surface area contributed by atoms with Crippen LogP contribution in [0.15, 0.2) is 36.5 Å². The van der Waals surface area contributed by atoms with Gasteiger partial charge in [-0.05, 0) is 31.0 Å². The first kappa shape index (κ1) is 24.2. The minimum absolute atomic E-state index is 0.0178. The second-order valence-corrected chi connectivity index (χ2v) is 7.65. The highest BCUT2D eigenvalue weighted by Gasteiger charge is 2.32. The van der Waals surface area contributed by atoms with Gasteiger partial charge in [-0.1, -0.05) is 11.6 Å². The number of nitrogens with zero attached hydrogens (tertiary/aromatic N) is 3. The molecule has 1 saturated heterocycles. The summed E-state index contributed by atoms with van der Waals surface area (Å²) in [5.41, 5.74) is -1.08. The summed E-state index contributed by atoms with van der Waals surface area (Å²) in [5.74, 6) is -1.40. The number of benzene rings is 1. The summed E-state index contributed by atoms with van der Waals surface area (Å²) in [6, 6.07) is 5.78. The SMILES string of the molecule is O=C(COC(=O)C1CCN(c2ccc(C(F)(F)F)cn2)CC1)Nc1cc([N+](=O)[O-])ccc1Cl. The number of nitrogens with one attached hydrogen (secondary N) is 1. The topological polar surface area (TPSA) is 115 Å². The molecule has 0 aliphatic carbocycles. The Bertz CT molecular complexity index is 1040. The van der Waals surface area contributed by atoms with Crippen LogP contribution in [0.3, 0.4) is 0 Å². The molecule has 0 spiro atoms. The second kappa shape index (κ2) is 10.0. The highest BCUT2D eigenvalue weighted by molar-refractivity contribution is 6.33. The Labute approximate surface area is 190 Å². The smallest absolute Gasteiger partial charge is 0.417 e. The first-order chi connectivity index (χ1) is 15.5. The number of alkyl halides is 3. The molecular formula is C20H18ClF3N4O5. The van der Waals surface area contributed by atoms with Gasteiger partial charge in [0.05, 0.1) is 27.1 Å². The normalized spacial score (nSPS) is 14.6. The number of carbonyl (C=O) groups excluding carboxylic acids is 2. The Morgan fingerprint density at radius 3 is 2.52 bits per heavy atom. The van der Waals surface area contributed by atoms with E-state index in [1.165, 1.54) is 18.2 Å². The van der Waals surface area contributed by atoms with Crippen molar-refractivity contribution in [2.75, 3.05) is 29.9 Å². The van der Waals surface area contributed by atoms with Gasteiger partial charge in [-0.2, -0.15) is 13.2 Å². The van der Waals surface area contributed by atoms with Crippen molar-refractivity contribution in [1.82, 2.24) is 4.98 Å². The van der Waals surface area contributed by atoms with Crippen molar-refractivity contribution in [3.05, 3.63) is 57.2 Å². The Morgan fingerprint density at radius 1 is 1.24 bits per heavy atom. The molecule has 0 atom stereocenters. The molecule has 1 N–H and O–H groups in total. The number of halogens is 4. The van der Waals surface area contributed by atoms with E-state index < -0.39 is 41.1 Å². The van der Waals surface area contributed by atoms with Gasteiger partial charge in [0.25, 0.3) is 11.6 Å². The van der Waals surface area contributed by atoms with Gasteiger partial charge in [0.1, 0.15) is 5.82 Å². The van der Waals surface area contributed by atoms with Crippen molar-refractivity contribution in [2.24, 2.45) is 5.92 Å². The van der Waals surface area contributed by atoms with E-state index in [1.807, 2.05) is 0 Å². The van der Waals surface area contributed by atoms with Crippen molar-refractivity contribution in [2.45, 2.75) is 19.0 Å². The van der Waals surface area contributed by atoms with E-state index in [-0.39, 0.29) is 16.4 Å². The molecule has 176 valence electrons. The summed E-state index contributed by atoms with van der Waals surface area (Å²) in [7, 11) is 0. The van der Waals surface area contributed by atoms with E-state index in [1.54, 1.807) is 4.90 Å². The summed E-state index contributed by atoms with van der Waals surface area (Å²) in [6.07, 6.45) is -2.95. The molecule has 0 unspecified atom stereocenters. The molecule has 9 nitrogen and oxygen atoms in total. The van der Waals surface area contributed by atoms with Crippen molar-refractivity contribution >= 4 is 40.7 Å². The summed E-state index contributed by atoms with van der Waals surface area (Å²) in [4.78, 5) is 40.1. The molecule has 1 fully saturated rings. The number of hydrogen-bond donors (Lipinski definition) is 1. The Hall–Kier alpha value is -3.41. The van der Waals surface area contributed by atoms with Gasteiger partial charge in [-0.25, -0.2) is 4.98 Å². The number of ether oxygens (including phenoxy) is 1. The molecule has 13 heteroatoms. The van der Waals surface area contributed by atoms with Crippen LogP contribution in [0.5, 0.6) is 0 Å². The van der Waals surface area contributed by atoms with Crippen molar-refractivity contribution in [3.63, 3.8) is 0 Å². The molecule has 1 aromatic carbocycles. The zero-order valence-corrected chi connectivity index (χ0v) is 17.7. The number of hydrogen-bond acceptors (Lipinski definition) is 7. The van der Waals surface area contributed by atoms with E-state index in [4.69, 9.17) is 16.3 Å². The summed E-state index contributed by atoms with van der Waals surface area (Å²) < 4.78 is 43.0. The Morgan fingerprint density at radius 2 is 1.94 bits per heavy atom. The zero-order valence-electron chi connectivity index (χ0n) is 17.0. The zero-order chi connectivity index (χ0) is 24.2. The average Bonchev–Trinajstić information content (AvgIpc) is 2.78. The van der Waals surface area contributed by atoms with Gasteiger partial charge in [0.2, 0.25) is 0 Å². The van der Waals surface area contributed by atoms with E-state index in [0.717, 1.165) is 18.3 Å². The lowest BCUT2D eigenvalue weighted by Gasteiger charge is -2.31. The second-order valence-electron chi connectivity index (χ2n) is 7.24. The first-order valence-electron chi connectivity index (χ1n) is 9.73. The number of pyridine rings is 1. The Kier molecular flexibility index (Phi) is 7.36. The van der Waals surface area contributed by atoms with E-state index >= 15 is 0 Å². The Balaban J connectivity index is 1.47. The van der Waals surface area contributed by atoms with Crippen molar-refractivity contribution < 1.29 is 32.4 Å². The number of non-ortho nitro benzene ring substituents is 1. The maximum Gasteiger partial charge on any atom is 0.417 e. The fraction of sp³-hybridized carbons (Fsp3) is 0.350. The van der Waals surface area contributed by atoms with Crippen LogP contribution < -0.4 is 10.2 Å². The fourth-order valence-corrected chi connectivity index (χ4v) is 3.41. The highest BCUT2D eigenvalue weighted by Crippen LogP contribution is 2.30. The van der Waals surface area contributed by atoms with Gasteiger partial charge in [-0.15, -0.1) is 0 Å².